The van der Waals surface area contributed by atoms with Gasteiger partial charge in [0.2, 0.25) is 0 Å². The fourth-order valence-electron chi connectivity index (χ4n) is 8.78. The summed E-state index contributed by atoms with van der Waals surface area (Å²) in [5.74, 6) is 1.41. The van der Waals surface area contributed by atoms with Gasteiger partial charge in [-0.2, -0.15) is 0 Å². The number of pyridine rings is 1. The fraction of sp³-hybridized carbons (Fsp3) is 0.0577. The van der Waals surface area contributed by atoms with Gasteiger partial charge >= 0.3 is 0 Å². The normalized spacial score (nSPS) is 12.9. The van der Waals surface area contributed by atoms with Crippen molar-refractivity contribution in [2.75, 3.05) is 0 Å². The number of hydrogen-bond acceptors (Lipinski definition) is 5. The summed E-state index contributed by atoms with van der Waals surface area (Å²) >= 11 is 0. The Morgan fingerprint density at radius 2 is 0.965 bits per heavy atom. The minimum absolute atomic E-state index is 0.288. The van der Waals surface area contributed by atoms with Crippen LogP contribution in [0.2, 0.25) is 0 Å². The summed E-state index contributed by atoms with van der Waals surface area (Å²) < 4.78 is 0. The number of aromatic nitrogens is 5. The second-order valence-corrected chi connectivity index (χ2v) is 15.3. The first-order valence-electron chi connectivity index (χ1n) is 19.3. The van der Waals surface area contributed by atoms with E-state index in [1.807, 2.05) is 36.7 Å². The van der Waals surface area contributed by atoms with E-state index in [1.54, 1.807) is 0 Å². The molecule has 0 atom stereocenters. The Kier molecular flexibility index (Phi) is 7.45. The second kappa shape index (κ2) is 12.9. The molecular weight excluding hydrogens is 695 g/mol. The van der Waals surface area contributed by atoms with Gasteiger partial charge in [-0.1, -0.05) is 153 Å². The molecule has 0 N–H and O–H groups in total. The highest BCUT2D eigenvalue weighted by Gasteiger charge is 2.36. The van der Waals surface area contributed by atoms with Gasteiger partial charge in [0.05, 0.1) is 22.2 Å². The highest BCUT2D eigenvalue weighted by atomic mass is 14.9. The topological polar surface area (TPSA) is 64.5 Å². The van der Waals surface area contributed by atoms with Crippen LogP contribution in [0.5, 0.6) is 0 Å². The first kappa shape index (κ1) is 33.0. The lowest BCUT2D eigenvalue weighted by Gasteiger charge is -2.22. The van der Waals surface area contributed by atoms with Crippen LogP contribution in [0.25, 0.3) is 100 Å². The summed E-state index contributed by atoms with van der Waals surface area (Å²) in [6, 6.07) is 57.2. The van der Waals surface area contributed by atoms with Crippen LogP contribution in [-0.2, 0) is 5.41 Å². The zero-order chi connectivity index (χ0) is 38.1. The Balaban J connectivity index is 1.05. The van der Waals surface area contributed by atoms with Crippen molar-refractivity contribution in [1.29, 1.82) is 0 Å². The van der Waals surface area contributed by atoms with Crippen molar-refractivity contribution in [2.24, 2.45) is 0 Å². The number of hydrogen-bond donors (Lipinski definition) is 0. The van der Waals surface area contributed by atoms with Crippen molar-refractivity contribution in [3.63, 3.8) is 0 Å². The van der Waals surface area contributed by atoms with E-state index < -0.39 is 0 Å². The molecule has 0 saturated heterocycles. The SMILES string of the molecule is CC1(C)c2cc(-c3nc(-c4ccccc4)c4ccccc4n3)ccc2-c2ccc(-c3ncc4c(n3)c(-c3ccccc3)c(-c3ccccc3)c3ncccc34)cc21. The molecule has 0 radical (unpaired) electrons. The molecule has 1 aliphatic rings. The maximum atomic E-state index is 5.44. The van der Waals surface area contributed by atoms with Crippen LogP contribution in [0, 0.1) is 0 Å². The average molecular weight is 730 g/mol. The van der Waals surface area contributed by atoms with E-state index in [9.17, 15) is 0 Å². The van der Waals surface area contributed by atoms with Crippen molar-refractivity contribution in [2.45, 2.75) is 19.3 Å². The number of rotatable bonds is 5. The van der Waals surface area contributed by atoms with Crippen molar-refractivity contribution < 1.29 is 0 Å². The zero-order valence-corrected chi connectivity index (χ0v) is 31.5. The van der Waals surface area contributed by atoms with E-state index in [-0.39, 0.29) is 5.41 Å². The quantitative estimate of drug-likeness (QED) is 0.165. The third-order valence-corrected chi connectivity index (χ3v) is 11.6. The molecule has 0 saturated carbocycles. The molecule has 3 heterocycles. The number of benzene rings is 7. The van der Waals surface area contributed by atoms with Crippen molar-refractivity contribution in [3.8, 4) is 67.4 Å². The molecule has 3 aromatic heterocycles. The summed E-state index contributed by atoms with van der Waals surface area (Å²) in [7, 11) is 0. The predicted octanol–water partition coefficient (Wildman–Crippen LogP) is 12.8. The molecule has 57 heavy (non-hydrogen) atoms. The lowest BCUT2D eigenvalue weighted by atomic mass is 9.81. The van der Waals surface area contributed by atoms with E-state index in [2.05, 4.69) is 153 Å². The smallest absolute Gasteiger partial charge is 0.160 e. The Bertz CT molecular complexity index is 3190. The van der Waals surface area contributed by atoms with E-state index in [0.717, 1.165) is 83.2 Å². The highest BCUT2D eigenvalue weighted by molar-refractivity contribution is 6.19. The van der Waals surface area contributed by atoms with Crippen molar-refractivity contribution in [1.82, 2.24) is 24.9 Å². The molecule has 0 bridgehead atoms. The molecule has 0 unspecified atom stereocenters. The first-order chi connectivity index (χ1) is 28.0. The monoisotopic (exact) mass is 729 g/mol. The largest absolute Gasteiger partial charge is 0.256 e. The molecule has 1 aliphatic carbocycles. The van der Waals surface area contributed by atoms with Crippen LogP contribution in [-0.4, -0.2) is 24.9 Å². The van der Waals surface area contributed by atoms with E-state index in [4.69, 9.17) is 24.9 Å². The molecule has 11 rings (SSSR count). The Hall–Kier alpha value is -7.37. The summed E-state index contributed by atoms with van der Waals surface area (Å²) in [6.45, 7) is 4.61. The van der Waals surface area contributed by atoms with Crippen LogP contribution in [0.1, 0.15) is 25.0 Å². The van der Waals surface area contributed by atoms with Gasteiger partial charge in [-0.15, -0.1) is 0 Å². The first-order valence-corrected chi connectivity index (χ1v) is 19.3. The number of para-hydroxylation sites is 1. The lowest BCUT2D eigenvalue weighted by Crippen LogP contribution is -2.15. The van der Waals surface area contributed by atoms with Crippen LogP contribution < -0.4 is 0 Å². The van der Waals surface area contributed by atoms with Gasteiger partial charge in [0, 0.05) is 61.8 Å². The van der Waals surface area contributed by atoms with Crippen LogP contribution in [0.4, 0.5) is 0 Å². The van der Waals surface area contributed by atoms with E-state index in [0.29, 0.717) is 5.82 Å². The van der Waals surface area contributed by atoms with Gasteiger partial charge in [0.25, 0.3) is 0 Å². The van der Waals surface area contributed by atoms with Gasteiger partial charge in [0.1, 0.15) is 0 Å². The van der Waals surface area contributed by atoms with Crippen molar-refractivity contribution >= 4 is 32.7 Å². The fourth-order valence-corrected chi connectivity index (χ4v) is 8.78. The molecule has 5 heteroatoms. The zero-order valence-electron chi connectivity index (χ0n) is 31.5. The summed E-state index contributed by atoms with van der Waals surface area (Å²) in [6.07, 6.45) is 3.85. The molecule has 10 aromatic rings. The van der Waals surface area contributed by atoms with Gasteiger partial charge in [-0.05, 0) is 57.6 Å². The second-order valence-electron chi connectivity index (χ2n) is 15.3. The molecule has 268 valence electrons. The standard InChI is InChI=1S/C52H35N5/c1-52(2)42-29-35(24-26-37(42)38-27-25-36(30-43(38)52)51-55-44-23-13-12-21-40(44)47(56-51)34-19-10-5-11-20-34)50-54-31-41-39-22-14-28-53-48(39)45(32-15-6-3-7-16-32)46(49(41)57-50)33-17-8-4-9-18-33/h3-31H,1-2H3. The van der Waals surface area contributed by atoms with E-state index in [1.165, 1.54) is 22.3 Å². The molecule has 0 amide bonds. The van der Waals surface area contributed by atoms with Gasteiger partial charge in [0.15, 0.2) is 11.6 Å². The van der Waals surface area contributed by atoms with Crippen LogP contribution in [0.3, 0.4) is 0 Å². The Morgan fingerprint density at radius 1 is 0.404 bits per heavy atom. The van der Waals surface area contributed by atoms with Gasteiger partial charge in [-0.25, -0.2) is 19.9 Å². The summed E-state index contributed by atoms with van der Waals surface area (Å²) in [4.78, 5) is 25.7. The van der Waals surface area contributed by atoms with Gasteiger partial charge < -0.3 is 0 Å². The lowest BCUT2D eigenvalue weighted by molar-refractivity contribution is 0.660. The minimum Gasteiger partial charge on any atom is -0.256 e. The third kappa shape index (κ3) is 5.27. The molecule has 0 aliphatic heterocycles. The average Bonchev–Trinajstić information content (AvgIpc) is 3.50. The molecule has 7 aromatic carbocycles. The van der Waals surface area contributed by atoms with Crippen LogP contribution >= 0.6 is 0 Å². The van der Waals surface area contributed by atoms with Gasteiger partial charge in [-0.3, -0.25) is 4.98 Å². The molecule has 5 nitrogen and oxygen atoms in total. The summed E-state index contributed by atoms with van der Waals surface area (Å²) in [5.41, 5.74) is 15.8. The number of nitrogens with zero attached hydrogens (tertiary/aromatic N) is 5. The van der Waals surface area contributed by atoms with Crippen LogP contribution in [0.15, 0.2) is 176 Å². The maximum Gasteiger partial charge on any atom is 0.160 e. The van der Waals surface area contributed by atoms with E-state index >= 15 is 0 Å². The van der Waals surface area contributed by atoms with Crippen molar-refractivity contribution in [3.05, 3.63) is 187 Å². The predicted molar refractivity (Wildman–Crippen MR) is 233 cm³/mol. The third-order valence-electron chi connectivity index (χ3n) is 11.6. The molecular formula is C52H35N5. The summed E-state index contributed by atoms with van der Waals surface area (Å²) in [5, 5.41) is 3.06. The highest BCUT2D eigenvalue weighted by Crippen LogP contribution is 2.51. The Morgan fingerprint density at radius 3 is 1.63 bits per heavy atom. The molecule has 0 fully saturated rings. The number of fused-ring (bicyclic) bond motifs is 7. The maximum absolute atomic E-state index is 5.44. The molecule has 0 spiro atoms. The Labute approximate surface area is 330 Å². The minimum atomic E-state index is -0.288.